The summed E-state index contributed by atoms with van der Waals surface area (Å²) in [5.74, 6) is 1.07. The quantitative estimate of drug-likeness (QED) is 0.535. The third-order valence-electron chi connectivity index (χ3n) is 5.05. The average Bonchev–Trinajstić information content (AvgIpc) is 2.84. The number of nitrogens with zero attached hydrogens (tertiary/aromatic N) is 1. The number of anilines is 1. The number of hydrogen-bond donors (Lipinski definition) is 1. The van der Waals surface area contributed by atoms with E-state index < -0.39 is 10.0 Å². The molecule has 3 aromatic rings. The van der Waals surface area contributed by atoms with E-state index >= 15 is 0 Å². The molecule has 8 heteroatoms. The van der Waals surface area contributed by atoms with Crippen molar-refractivity contribution in [3.63, 3.8) is 0 Å². The lowest BCUT2D eigenvalue weighted by atomic mass is 10.1. The second-order valence-corrected chi connectivity index (χ2v) is 9.02. The summed E-state index contributed by atoms with van der Waals surface area (Å²) in [4.78, 5) is 12.6. The minimum atomic E-state index is -3.84. The van der Waals surface area contributed by atoms with E-state index in [4.69, 9.17) is 9.47 Å². The van der Waals surface area contributed by atoms with Crippen LogP contribution in [0.1, 0.15) is 15.9 Å². The first-order valence-corrected chi connectivity index (χ1v) is 11.4. The molecule has 0 aliphatic heterocycles. The summed E-state index contributed by atoms with van der Waals surface area (Å²) in [6, 6.07) is 20.3. The Morgan fingerprint density at radius 3 is 2.09 bits per heavy atom. The lowest BCUT2D eigenvalue weighted by Crippen LogP contribution is -2.28. The molecule has 0 saturated heterocycles. The van der Waals surface area contributed by atoms with Gasteiger partial charge in [0.2, 0.25) is 0 Å². The maximum absolute atomic E-state index is 13.1. The van der Waals surface area contributed by atoms with Crippen molar-refractivity contribution in [2.45, 2.75) is 11.3 Å². The molecule has 0 aromatic heterocycles. The largest absolute Gasteiger partial charge is 0.497 e. The van der Waals surface area contributed by atoms with Crippen molar-refractivity contribution in [1.29, 1.82) is 0 Å². The molecular weight excluding hydrogens is 428 g/mol. The summed E-state index contributed by atoms with van der Waals surface area (Å²) in [6.07, 6.45) is 0.647. The Morgan fingerprint density at radius 2 is 1.50 bits per heavy atom. The number of carbonyl (C=O) groups is 1. The summed E-state index contributed by atoms with van der Waals surface area (Å²) in [5.41, 5.74) is 1.83. The fraction of sp³-hybridized carbons (Fsp3) is 0.208. The maximum Gasteiger partial charge on any atom is 0.264 e. The molecule has 3 aromatic carbocycles. The molecule has 0 saturated carbocycles. The molecule has 0 atom stereocenters. The summed E-state index contributed by atoms with van der Waals surface area (Å²) >= 11 is 0. The van der Waals surface area contributed by atoms with Crippen LogP contribution >= 0.6 is 0 Å². The first-order chi connectivity index (χ1) is 15.3. The summed E-state index contributed by atoms with van der Waals surface area (Å²) < 4.78 is 37.6. The Kier molecular flexibility index (Phi) is 7.37. The predicted molar refractivity (Wildman–Crippen MR) is 124 cm³/mol. The molecule has 168 valence electrons. The van der Waals surface area contributed by atoms with E-state index in [9.17, 15) is 13.2 Å². The van der Waals surface area contributed by atoms with Gasteiger partial charge in [-0.15, -0.1) is 0 Å². The molecule has 1 amide bonds. The number of rotatable bonds is 9. The third-order valence-corrected chi connectivity index (χ3v) is 6.83. The van der Waals surface area contributed by atoms with Crippen LogP contribution in [0.5, 0.6) is 11.5 Å². The van der Waals surface area contributed by atoms with Gasteiger partial charge < -0.3 is 14.8 Å². The first kappa shape index (κ1) is 23.1. The summed E-state index contributed by atoms with van der Waals surface area (Å²) in [6.45, 7) is 0.424. The van der Waals surface area contributed by atoms with Gasteiger partial charge in [0.25, 0.3) is 15.9 Å². The van der Waals surface area contributed by atoms with Crippen LogP contribution in [0.25, 0.3) is 0 Å². The van der Waals surface area contributed by atoms with Crippen LogP contribution in [-0.2, 0) is 16.4 Å². The first-order valence-electron chi connectivity index (χ1n) is 9.99. The van der Waals surface area contributed by atoms with Crippen LogP contribution in [0.4, 0.5) is 5.69 Å². The monoisotopic (exact) mass is 454 g/mol. The number of ether oxygens (including phenoxy) is 2. The Labute approximate surface area is 188 Å². The Bertz CT molecular complexity index is 1160. The standard InChI is InChI=1S/C24H26N2O5S/c1-26(20-9-13-22(31-3)14-10-20)32(28,29)23-6-4-5-19(17-23)24(27)25-16-15-18-7-11-21(30-2)12-8-18/h4-14,17H,15-16H2,1-3H3,(H,25,27). The number of benzene rings is 3. The number of nitrogens with one attached hydrogen (secondary N) is 1. The minimum absolute atomic E-state index is 0.0404. The predicted octanol–water partition coefficient (Wildman–Crippen LogP) is 3.50. The smallest absolute Gasteiger partial charge is 0.264 e. The molecular formula is C24H26N2O5S. The minimum Gasteiger partial charge on any atom is -0.497 e. The zero-order valence-corrected chi connectivity index (χ0v) is 19.1. The van der Waals surface area contributed by atoms with E-state index in [1.807, 2.05) is 24.3 Å². The molecule has 0 unspecified atom stereocenters. The lowest BCUT2D eigenvalue weighted by Gasteiger charge is -2.20. The number of hydrogen-bond acceptors (Lipinski definition) is 5. The third kappa shape index (κ3) is 5.39. The van der Waals surface area contributed by atoms with Gasteiger partial charge in [-0.1, -0.05) is 18.2 Å². The van der Waals surface area contributed by atoms with Crippen molar-refractivity contribution in [1.82, 2.24) is 5.32 Å². The van der Waals surface area contributed by atoms with Crippen LogP contribution in [-0.4, -0.2) is 42.1 Å². The molecule has 7 nitrogen and oxygen atoms in total. The van der Waals surface area contributed by atoms with E-state index in [0.29, 0.717) is 24.4 Å². The molecule has 1 N–H and O–H groups in total. The highest BCUT2D eigenvalue weighted by Gasteiger charge is 2.22. The van der Waals surface area contributed by atoms with Crippen molar-refractivity contribution >= 4 is 21.6 Å². The zero-order valence-electron chi connectivity index (χ0n) is 18.2. The molecule has 32 heavy (non-hydrogen) atoms. The topological polar surface area (TPSA) is 84.9 Å². The molecule has 0 spiro atoms. The van der Waals surface area contributed by atoms with E-state index in [-0.39, 0.29) is 16.4 Å². The second kappa shape index (κ2) is 10.2. The summed E-state index contributed by atoms with van der Waals surface area (Å²) in [5, 5.41) is 2.84. The van der Waals surface area contributed by atoms with Gasteiger partial charge in [-0.25, -0.2) is 8.42 Å². The highest BCUT2D eigenvalue weighted by Crippen LogP contribution is 2.24. The highest BCUT2D eigenvalue weighted by molar-refractivity contribution is 7.92. The molecule has 0 radical (unpaired) electrons. The molecule has 0 aliphatic carbocycles. The van der Waals surface area contributed by atoms with Crippen LogP contribution in [0.3, 0.4) is 0 Å². The van der Waals surface area contributed by atoms with Crippen molar-refractivity contribution in [2.75, 3.05) is 32.1 Å². The van der Waals surface area contributed by atoms with Crippen molar-refractivity contribution in [3.05, 3.63) is 83.9 Å². The summed E-state index contributed by atoms with van der Waals surface area (Å²) in [7, 11) is 0.788. The fourth-order valence-electron chi connectivity index (χ4n) is 3.10. The molecule has 3 rings (SSSR count). The number of sulfonamides is 1. The number of methoxy groups -OCH3 is 2. The van der Waals surface area contributed by atoms with Crippen LogP contribution in [0, 0.1) is 0 Å². The van der Waals surface area contributed by atoms with E-state index in [1.54, 1.807) is 50.6 Å². The van der Waals surface area contributed by atoms with Gasteiger partial charge in [0, 0.05) is 19.2 Å². The second-order valence-electron chi connectivity index (χ2n) is 7.05. The molecule has 0 heterocycles. The van der Waals surface area contributed by atoms with Gasteiger partial charge >= 0.3 is 0 Å². The number of carbonyl (C=O) groups excluding carboxylic acids is 1. The average molecular weight is 455 g/mol. The van der Waals surface area contributed by atoms with Crippen LogP contribution in [0.2, 0.25) is 0 Å². The fourth-order valence-corrected chi connectivity index (χ4v) is 4.34. The molecule has 0 aliphatic rings. The SMILES string of the molecule is COc1ccc(CCNC(=O)c2cccc(S(=O)(=O)N(C)c3ccc(OC)cc3)c2)cc1. The Balaban J connectivity index is 1.67. The number of amides is 1. The van der Waals surface area contributed by atoms with Gasteiger partial charge in [0.15, 0.2) is 0 Å². The Morgan fingerprint density at radius 1 is 0.906 bits per heavy atom. The van der Waals surface area contributed by atoms with E-state index in [0.717, 1.165) is 11.3 Å². The van der Waals surface area contributed by atoms with Gasteiger partial charge in [-0.2, -0.15) is 0 Å². The van der Waals surface area contributed by atoms with Gasteiger partial charge in [-0.3, -0.25) is 9.10 Å². The van der Waals surface area contributed by atoms with Gasteiger partial charge in [0.1, 0.15) is 11.5 Å². The van der Waals surface area contributed by atoms with Crippen LogP contribution < -0.4 is 19.1 Å². The van der Waals surface area contributed by atoms with E-state index in [2.05, 4.69) is 5.32 Å². The van der Waals surface area contributed by atoms with Gasteiger partial charge in [0.05, 0.1) is 24.8 Å². The molecule has 0 bridgehead atoms. The maximum atomic E-state index is 13.1. The van der Waals surface area contributed by atoms with Crippen molar-refractivity contribution < 1.29 is 22.7 Å². The van der Waals surface area contributed by atoms with Gasteiger partial charge in [-0.05, 0) is 66.6 Å². The lowest BCUT2D eigenvalue weighted by molar-refractivity contribution is 0.0954. The van der Waals surface area contributed by atoms with Crippen molar-refractivity contribution in [2.24, 2.45) is 0 Å². The van der Waals surface area contributed by atoms with Crippen LogP contribution in [0.15, 0.2) is 77.7 Å². The Hall–Kier alpha value is -3.52. The zero-order chi connectivity index (χ0) is 23.1. The van der Waals surface area contributed by atoms with E-state index in [1.165, 1.54) is 23.5 Å². The van der Waals surface area contributed by atoms with Crippen molar-refractivity contribution in [3.8, 4) is 11.5 Å². The normalized spacial score (nSPS) is 11.0. The molecule has 0 fully saturated rings. The highest BCUT2D eigenvalue weighted by atomic mass is 32.2.